The van der Waals surface area contributed by atoms with E-state index in [4.69, 9.17) is 10.2 Å². The molecule has 0 unspecified atom stereocenters. The van der Waals surface area contributed by atoms with Crippen LogP contribution in [0.15, 0.2) is 23.1 Å². The highest BCUT2D eigenvalue weighted by Gasteiger charge is 2.30. The van der Waals surface area contributed by atoms with E-state index in [9.17, 15) is 12.8 Å². The monoisotopic (exact) mass is 274 g/mol. The van der Waals surface area contributed by atoms with Crippen molar-refractivity contribution in [1.29, 1.82) is 0 Å². The second-order valence-corrected chi connectivity index (χ2v) is 5.87. The van der Waals surface area contributed by atoms with E-state index in [0.717, 1.165) is 18.9 Å². The lowest BCUT2D eigenvalue weighted by atomic mass is 10.2. The third-order valence-electron chi connectivity index (χ3n) is 2.89. The lowest BCUT2D eigenvalue weighted by molar-refractivity contribution is 0.301. The number of nitrogens with zero attached hydrogens (tertiary/aromatic N) is 1. The summed E-state index contributed by atoms with van der Waals surface area (Å²) in [6, 6.07) is 3.81. The molecule has 0 aliphatic heterocycles. The second kappa shape index (κ2) is 4.83. The smallest absolute Gasteiger partial charge is 0.238 e. The van der Waals surface area contributed by atoms with Crippen LogP contribution in [0.3, 0.4) is 0 Å². The quantitative estimate of drug-likeness (QED) is 0.816. The second-order valence-electron chi connectivity index (χ2n) is 4.31. The van der Waals surface area contributed by atoms with Gasteiger partial charge in [0, 0.05) is 12.6 Å². The first-order valence-electron chi connectivity index (χ1n) is 5.63. The number of halogens is 1. The molecule has 0 saturated heterocycles. The van der Waals surface area contributed by atoms with E-state index in [1.54, 1.807) is 4.90 Å². The maximum absolute atomic E-state index is 13.9. The minimum atomic E-state index is -3.89. The Kier molecular flexibility index (Phi) is 3.56. The predicted molar refractivity (Wildman–Crippen MR) is 65.2 cm³/mol. The summed E-state index contributed by atoms with van der Waals surface area (Å²) in [4.78, 5) is 1.51. The normalized spacial score (nSPS) is 15.7. The Morgan fingerprint density at radius 3 is 2.56 bits per heavy atom. The van der Waals surface area contributed by atoms with E-state index < -0.39 is 15.8 Å². The lowest BCUT2D eigenvalue weighted by Gasteiger charge is -2.24. The molecule has 7 heteroatoms. The first kappa shape index (κ1) is 13.3. The number of hydrogen-bond donors (Lipinski definition) is 2. The van der Waals surface area contributed by atoms with Gasteiger partial charge in [0.2, 0.25) is 10.0 Å². The van der Waals surface area contributed by atoms with E-state index in [0.29, 0.717) is 12.2 Å². The molecule has 1 fully saturated rings. The zero-order chi connectivity index (χ0) is 13.3. The molecule has 1 aliphatic rings. The fourth-order valence-corrected chi connectivity index (χ4v) is 2.42. The summed E-state index contributed by atoms with van der Waals surface area (Å²) >= 11 is 0. The van der Waals surface area contributed by atoms with Gasteiger partial charge in [-0.25, -0.2) is 17.9 Å². The molecule has 18 heavy (non-hydrogen) atoms. The molecule has 0 bridgehead atoms. The van der Waals surface area contributed by atoms with Crippen LogP contribution in [0.1, 0.15) is 12.8 Å². The van der Waals surface area contributed by atoms with Crippen molar-refractivity contribution in [1.82, 2.24) is 0 Å². The Labute approximate surface area is 105 Å². The summed E-state index contributed by atoms with van der Waals surface area (Å²) in [6.45, 7) is 0.253. The van der Waals surface area contributed by atoms with Crippen molar-refractivity contribution in [3.8, 4) is 0 Å². The summed E-state index contributed by atoms with van der Waals surface area (Å²) in [5.74, 6) is -0.637. The number of rotatable bonds is 5. The number of sulfonamides is 1. The molecule has 1 aromatic carbocycles. The van der Waals surface area contributed by atoms with Gasteiger partial charge in [-0.3, -0.25) is 0 Å². The highest BCUT2D eigenvalue weighted by atomic mass is 32.2. The van der Waals surface area contributed by atoms with Crippen LogP contribution in [-0.4, -0.2) is 32.7 Å². The average Bonchev–Trinajstić information content (AvgIpc) is 3.09. The molecule has 0 atom stereocenters. The molecule has 0 heterocycles. The van der Waals surface area contributed by atoms with Crippen LogP contribution in [-0.2, 0) is 10.0 Å². The fraction of sp³-hybridized carbons (Fsp3) is 0.455. The fourth-order valence-electron chi connectivity index (χ4n) is 1.89. The van der Waals surface area contributed by atoms with Gasteiger partial charge in [0.05, 0.1) is 17.2 Å². The maximum atomic E-state index is 13.9. The molecular formula is C11H15FN2O3S. The molecule has 1 aliphatic carbocycles. The first-order valence-corrected chi connectivity index (χ1v) is 7.18. The first-order chi connectivity index (χ1) is 8.43. The van der Waals surface area contributed by atoms with Crippen LogP contribution in [0, 0.1) is 5.82 Å². The summed E-state index contributed by atoms with van der Waals surface area (Å²) in [7, 11) is -3.89. The van der Waals surface area contributed by atoms with E-state index in [-0.39, 0.29) is 17.5 Å². The number of primary sulfonamides is 1. The summed E-state index contributed by atoms with van der Waals surface area (Å²) in [5.41, 5.74) is 0.305. The van der Waals surface area contributed by atoms with E-state index in [2.05, 4.69) is 0 Å². The molecule has 0 radical (unpaired) electrons. The van der Waals surface area contributed by atoms with Crippen LogP contribution in [0.25, 0.3) is 0 Å². The average molecular weight is 274 g/mol. The highest BCUT2D eigenvalue weighted by Crippen LogP contribution is 2.33. The maximum Gasteiger partial charge on any atom is 0.238 e. The number of aliphatic hydroxyl groups excluding tert-OH is 1. The predicted octanol–water partition coefficient (Wildman–Crippen LogP) is 0.434. The van der Waals surface area contributed by atoms with Crippen LogP contribution >= 0.6 is 0 Å². The van der Waals surface area contributed by atoms with Gasteiger partial charge in [-0.05, 0) is 31.0 Å². The van der Waals surface area contributed by atoms with Crippen molar-refractivity contribution in [3.05, 3.63) is 24.0 Å². The Balaban J connectivity index is 2.33. The molecule has 0 amide bonds. The van der Waals surface area contributed by atoms with Gasteiger partial charge in [0.1, 0.15) is 5.82 Å². The largest absolute Gasteiger partial charge is 0.395 e. The number of nitrogens with two attached hydrogens (primary N) is 1. The lowest BCUT2D eigenvalue weighted by Crippen LogP contribution is -2.29. The Morgan fingerprint density at radius 2 is 2.11 bits per heavy atom. The molecule has 0 aromatic heterocycles. The van der Waals surface area contributed by atoms with Crippen molar-refractivity contribution in [3.63, 3.8) is 0 Å². The molecule has 2 rings (SSSR count). The van der Waals surface area contributed by atoms with E-state index >= 15 is 0 Å². The number of hydrogen-bond acceptors (Lipinski definition) is 4. The van der Waals surface area contributed by atoms with Crippen LogP contribution in [0.5, 0.6) is 0 Å². The van der Waals surface area contributed by atoms with Crippen molar-refractivity contribution in [2.24, 2.45) is 5.14 Å². The Morgan fingerprint density at radius 1 is 1.44 bits per heavy atom. The summed E-state index contributed by atoms with van der Waals surface area (Å²) in [5, 5.41) is 13.9. The van der Waals surface area contributed by atoms with Gasteiger partial charge >= 0.3 is 0 Å². The third-order valence-corrected chi connectivity index (χ3v) is 3.80. The van der Waals surface area contributed by atoms with Crippen LogP contribution < -0.4 is 10.0 Å². The van der Waals surface area contributed by atoms with Gasteiger partial charge in [-0.1, -0.05) is 0 Å². The van der Waals surface area contributed by atoms with Crippen molar-refractivity contribution >= 4 is 15.7 Å². The molecule has 1 aromatic rings. The highest BCUT2D eigenvalue weighted by molar-refractivity contribution is 7.89. The molecule has 5 nitrogen and oxygen atoms in total. The van der Waals surface area contributed by atoms with Gasteiger partial charge in [0.15, 0.2) is 0 Å². The van der Waals surface area contributed by atoms with Crippen molar-refractivity contribution < 1.29 is 17.9 Å². The van der Waals surface area contributed by atoms with Gasteiger partial charge < -0.3 is 10.0 Å². The minimum absolute atomic E-state index is 0.0765. The summed E-state index contributed by atoms with van der Waals surface area (Å²) in [6.07, 6.45) is 1.91. The van der Waals surface area contributed by atoms with Gasteiger partial charge in [-0.15, -0.1) is 0 Å². The summed E-state index contributed by atoms with van der Waals surface area (Å²) < 4.78 is 36.1. The van der Waals surface area contributed by atoms with Crippen molar-refractivity contribution in [2.45, 2.75) is 23.8 Å². The number of aliphatic hydroxyl groups is 1. The SMILES string of the molecule is NS(=O)(=O)c1ccc(N(CCO)C2CC2)c(F)c1. The molecule has 0 spiro atoms. The number of anilines is 1. The molecule has 100 valence electrons. The molecular weight excluding hydrogens is 259 g/mol. The van der Waals surface area contributed by atoms with Crippen molar-refractivity contribution in [2.75, 3.05) is 18.1 Å². The number of benzene rings is 1. The van der Waals surface area contributed by atoms with Crippen LogP contribution in [0.4, 0.5) is 10.1 Å². The van der Waals surface area contributed by atoms with E-state index in [1.807, 2.05) is 0 Å². The molecule has 1 saturated carbocycles. The zero-order valence-electron chi connectivity index (χ0n) is 9.71. The molecule has 3 N–H and O–H groups in total. The van der Waals surface area contributed by atoms with E-state index in [1.165, 1.54) is 12.1 Å². The minimum Gasteiger partial charge on any atom is -0.395 e. The van der Waals surface area contributed by atoms with Crippen LogP contribution in [0.2, 0.25) is 0 Å². The Bertz CT molecular complexity index is 543. The topological polar surface area (TPSA) is 83.6 Å². The van der Waals surface area contributed by atoms with Gasteiger partial charge in [-0.2, -0.15) is 0 Å². The standard InChI is InChI=1S/C11H15FN2O3S/c12-10-7-9(18(13,16)17)3-4-11(10)14(5-6-15)8-1-2-8/h3-4,7-8,15H,1-2,5-6H2,(H2,13,16,17). The third kappa shape index (κ3) is 2.80. The van der Waals surface area contributed by atoms with Gasteiger partial charge in [0.25, 0.3) is 0 Å². The zero-order valence-corrected chi connectivity index (χ0v) is 10.5. The Hall–Kier alpha value is -1.18.